The van der Waals surface area contributed by atoms with E-state index in [1.54, 1.807) is 0 Å². The minimum atomic E-state index is 0.249. The van der Waals surface area contributed by atoms with Crippen LogP contribution in [0.3, 0.4) is 0 Å². The molecule has 0 heterocycles. The maximum Gasteiger partial charge on any atom is 0.0359 e. The zero-order valence-corrected chi connectivity index (χ0v) is 10.8. The number of nitrogens with two attached hydrogens (primary N) is 1. The van der Waals surface area contributed by atoms with Gasteiger partial charge in [0.1, 0.15) is 0 Å². The van der Waals surface area contributed by atoms with Crippen molar-refractivity contribution >= 4 is 30.1 Å². The van der Waals surface area contributed by atoms with Crippen LogP contribution in [0, 0.1) is 5.41 Å². The van der Waals surface area contributed by atoms with Crippen molar-refractivity contribution in [3.8, 4) is 0 Å². The molecule has 0 aromatic carbocycles. The van der Waals surface area contributed by atoms with Crippen LogP contribution in [0.1, 0.15) is 34.1 Å². The summed E-state index contributed by atoms with van der Waals surface area (Å²) in [5, 5.41) is 0. The summed E-state index contributed by atoms with van der Waals surface area (Å²) in [5.41, 5.74) is 6.08. The average molecular weight is 287 g/mol. The lowest BCUT2D eigenvalue weighted by molar-refractivity contribution is 0.333. The highest BCUT2D eigenvalue weighted by atomic mass is 127. The molecule has 3 heteroatoms. The van der Waals surface area contributed by atoms with E-state index in [0.717, 1.165) is 6.54 Å². The van der Waals surface area contributed by atoms with Crippen molar-refractivity contribution in [3.63, 3.8) is 0 Å². The van der Waals surface area contributed by atoms with Crippen molar-refractivity contribution in [3.05, 3.63) is 0 Å². The molecule has 0 fully saturated rings. The molecule has 0 rings (SSSR count). The van der Waals surface area contributed by atoms with E-state index >= 15 is 0 Å². The molecule has 1 nitrogen and oxygen atoms in total. The summed E-state index contributed by atoms with van der Waals surface area (Å²) in [6, 6.07) is 0. The van der Waals surface area contributed by atoms with Crippen molar-refractivity contribution < 1.29 is 0 Å². The average Bonchev–Trinajstić information content (AvgIpc) is 1.84. The van der Waals surface area contributed by atoms with E-state index in [0.29, 0.717) is 5.41 Å². The maximum absolute atomic E-state index is 5.70. The van der Waals surface area contributed by atoms with Gasteiger partial charge in [0.25, 0.3) is 0 Å². The van der Waals surface area contributed by atoms with Gasteiger partial charge in [-0.25, -0.2) is 0 Å². The predicted octanol–water partition coefficient (Wildman–Crippen LogP) is 3.22. The number of hydrogen-bond acceptors (Lipinski definition) is 2. The van der Waals surface area contributed by atoms with E-state index in [1.807, 2.05) is 8.93 Å². The van der Waals surface area contributed by atoms with Gasteiger partial charge < -0.3 is 5.73 Å². The highest BCUT2D eigenvalue weighted by molar-refractivity contribution is 14.2. The Kier molecular flexibility index (Phi) is 4.73. The highest BCUT2D eigenvalue weighted by Gasteiger charge is 2.28. The van der Waals surface area contributed by atoms with Gasteiger partial charge in [0.15, 0.2) is 0 Å². The van der Waals surface area contributed by atoms with Crippen molar-refractivity contribution in [2.75, 3.05) is 6.54 Å². The molecular weight excluding hydrogens is 269 g/mol. The Morgan fingerprint density at radius 2 is 1.73 bits per heavy atom. The molecule has 0 bridgehead atoms. The van der Waals surface area contributed by atoms with Crippen LogP contribution >= 0.6 is 30.1 Å². The highest BCUT2D eigenvalue weighted by Crippen LogP contribution is 2.39. The lowest BCUT2D eigenvalue weighted by atomic mass is 9.85. The van der Waals surface area contributed by atoms with Crippen LogP contribution < -0.4 is 5.73 Å². The van der Waals surface area contributed by atoms with E-state index in [-0.39, 0.29) is 4.75 Å². The molecule has 2 N–H and O–H groups in total. The fourth-order valence-corrected chi connectivity index (χ4v) is 2.81. The topological polar surface area (TPSA) is 26.0 Å². The maximum atomic E-state index is 5.70. The number of hydrogen-bond donors (Lipinski definition) is 1. The SMILES string of the molecule is CC(C)(C)CC(C)(CN)SI. The summed E-state index contributed by atoms with van der Waals surface area (Å²) in [4.78, 5) is 0. The largest absolute Gasteiger partial charge is 0.329 e. The van der Waals surface area contributed by atoms with E-state index in [9.17, 15) is 0 Å². The second kappa shape index (κ2) is 4.33. The molecule has 0 aliphatic heterocycles. The summed E-state index contributed by atoms with van der Waals surface area (Å²) in [7, 11) is 1.84. The van der Waals surface area contributed by atoms with Crippen LogP contribution in [0.5, 0.6) is 0 Å². The third-order valence-electron chi connectivity index (χ3n) is 1.52. The van der Waals surface area contributed by atoms with Gasteiger partial charge in [-0.1, -0.05) is 29.7 Å². The third-order valence-corrected chi connectivity index (χ3v) is 5.40. The van der Waals surface area contributed by atoms with Crippen molar-refractivity contribution in [1.82, 2.24) is 0 Å². The van der Waals surface area contributed by atoms with Gasteiger partial charge in [0.05, 0.1) is 0 Å². The van der Waals surface area contributed by atoms with Gasteiger partial charge in [0, 0.05) is 11.3 Å². The van der Waals surface area contributed by atoms with Crippen molar-refractivity contribution in [2.24, 2.45) is 11.1 Å². The van der Waals surface area contributed by atoms with Gasteiger partial charge in [-0.3, -0.25) is 0 Å². The first-order valence-electron chi connectivity index (χ1n) is 3.83. The van der Waals surface area contributed by atoms with E-state index in [2.05, 4.69) is 48.9 Å². The number of halogens is 1. The Bertz CT molecular complexity index is 116. The minimum absolute atomic E-state index is 0.249. The Labute approximate surface area is 86.5 Å². The predicted molar refractivity (Wildman–Crippen MR) is 63.1 cm³/mol. The Balaban J connectivity index is 4.08. The van der Waals surface area contributed by atoms with Crippen LogP contribution in [0.4, 0.5) is 0 Å². The third kappa shape index (κ3) is 5.31. The second-order valence-corrected chi connectivity index (χ2v) is 6.93. The lowest BCUT2D eigenvalue weighted by Crippen LogP contribution is -2.34. The molecule has 68 valence electrons. The van der Waals surface area contributed by atoms with Gasteiger partial charge >= 0.3 is 0 Å². The molecule has 0 aromatic rings. The summed E-state index contributed by atoms with van der Waals surface area (Å²) in [5.74, 6) is 0. The van der Waals surface area contributed by atoms with Gasteiger partial charge in [-0.15, -0.1) is 0 Å². The molecule has 0 spiro atoms. The van der Waals surface area contributed by atoms with E-state index in [1.165, 1.54) is 6.42 Å². The molecule has 0 amide bonds. The molecule has 0 radical (unpaired) electrons. The van der Waals surface area contributed by atoms with E-state index < -0.39 is 0 Å². The fraction of sp³-hybridized carbons (Fsp3) is 1.00. The minimum Gasteiger partial charge on any atom is -0.329 e. The molecule has 0 saturated carbocycles. The van der Waals surface area contributed by atoms with Crippen LogP contribution in [0.15, 0.2) is 0 Å². The van der Waals surface area contributed by atoms with Crippen LogP contribution in [-0.4, -0.2) is 11.3 Å². The molecule has 0 aromatic heterocycles. The van der Waals surface area contributed by atoms with Crippen LogP contribution in [0.25, 0.3) is 0 Å². The summed E-state index contributed by atoms with van der Waals surface area (Å²) in [6.07, 6.45) is 1.17. The van der Waals surface area contributed by atoms with Crippen molar-refractivity contribution in [1.29, 1.82) is 0 Å². The molecule has 1 unspecified atom stereocenters. The standard InChI is InChI=1S/C8H18INS/c1-7(2,3)5-8(4,6-10)11-9/h5-6,10H2,1-4H3. The molecule has 0 aliphatic carbocycles. The zero-order chi connectivity index (χ0) is 9.12. The molecule has 1 atom stereocenters. The van der Waals surface area contributed by atoms with Gasteiger partial charge in [-0.05, 0) is 40.0 Å². The first-order chi connectivity index (χ1) is 4.83. The quantitative estimate of drug-likeness (QED) is 0.807. The smallest absolute Gasteiger partial charge is 0.0359 e. The van der Waals surface area contributed by atoms with Crippen LogP contribution in [-0.2, 0) is 0 Å². The Hall–Kier alpha value is 1.04. The molecule has 11 heavy (non-hydrogen) atoms. The molecular formula is C8H18INS. The normalized spacial score (nSPS) is 18.0. The first-order valence-corrected chi connectivity index (χ1v) is 7.19. The second-order valence-electron chi connectivity index (χ2n) is 4.47. The summed E-state index contributed by atoms with van der Waals surface area (Å²) in [6.45, 7) is 9.77. The monoisotopic (exact) mass is 287 g/mol. The summed E-state index contributed by atoms with van der Waals surface area (Å²) >= 11 is 2.34. The number of rotatable bonds is 3. The lowest BCUT2D eigenvalue weighted by Gasteiger charge is -2.32. The van der Waals surface area contributed by atoms with E-state index in [4.69, 9.17) is 5.73 Å². The first kappa shape index (κ1) is 12.0. The van der Waals surface area contributed by atoms with Gasteiger partial charge in [-0.2, -0.15) is 0 Å². The molecule has 0 saturated heterocycles. The fourth-order valence-electron chi connectivity index (χ4n) is 1.25. The van der Waals surface area contributed by atoms with Crippen molar-refractivity contribution in [2.45, 2.75) is 38.9 Å². The zero-order valence-electron chi connectivity index (χ0n) is 7.78. The Morgan fingerprint density at radius 3 is 1.82 bits per heavy atom. The Morgan fingerprint density at radius 1 is 1.27 bits per heavy atom. The molecule has 0 aliphatic rings. The van der Waals surface area contributed by atoms with Crippen LogP contribution in [0.2, 0.25) is 0 Å². The summed E-state index contributed by atoms with van der Waals surface area (Å²) < 4.78 is 0.249. The van der Waals surface area contributed by atoms with Gasteiger partial charge in [0.2, 0.25) is 0 Å².